The Balaban J connectivity index is 3.69. The van der Waals surface area contributed by atoms with Crippen LogP contribution in [0.4, 0.5) is 0 Å². The minimum atomic E-state index is 0.408. The lowest BCUT2D eigenvalue weighted by molar-refractivity contribution is -0.00972. The Labute approximate surface area is 95.3 Å². The van der Waals surface area contributed by atoms with Crippen LogP contribution in [0.5, 0.6) is 0 Å². The Kier molecular flexibility index (Phi) is 9.12. The van der Waals surface area contributed by atoms with Crippen molar-refractivity contribution in [3.05, 3.63) is 0 Å². The van der Waals surface area contributed by atoms with Crippen molar-refractivity contribution in [3.8, 4) is 0 Å². The summed E-state index contributed by atoms with van der Waals surface area (Å²) in [5.74, 6) is 1.42. The van der Waals surface area contributed by atoms with Crippen molar-refractivity contribution in [2.75, 3.05) is 19.8 Å². The van der Waals surface area contributed by atoms with E-state index in [0.29, 0.717) is 17.9 Å². The zero-order chi connectivity index (χ0) is 11.7. The van der Waals surface area contributed by atoms with E-state index in [-0.39, 0.29) is 0 Å². The molecule has 0 saturated carbocycles. The first kappa shape index (κ1) is 14.9. The van der Waals surface area contributed by atoms with Gasteiger partial charge in [0.05, 0.1) is 19.3 Å². The fourth-order valence-corrected chi connectivity index (χ4v) is 1.70. The zero-order valence-corrected chi connectivity index (χ0v) is 11.1. The van der Waals surface area contributed by atoms with Crippen LogP contribution in [0.3, 0.4) is 0 Å². The van der Waals surface area contributed by atoms with E-state index in [9.17, 15) is 0 Å². The highest BCUT2D eigenvalue weighted by Gasteiger charge is 2.12. The van der Waals surface area contributed by atoms with Crippen LogP contribution >= 0.6 is 0 Å². The molecule has 0 aliphatic carbocycles. The first-order chi connectivity index (χ1) is 7.06. The van der Waals surface area contributed by atoms with Gasteiger partial charge in [0, 0.05) is 6.61 Å². The molecule has 2 nitrogen and oxygen atoms in total. The molecule has 92 valence electrons. The molecule has 0 rings (SSSR count). The average molecular weight is 216 g/mol. The van der Waals surface area contributed by atoms with Gasteiger partial charge in [-0.05, 0) is 31.6 Å². The summed E-state index contributed by atoms with van der Waals surface area (Å²) in [6.45, 7) is 13.3. The van der Waals surface area contributed by atoms with Crippen LogP contribution in [-0.4, -0.2) is 25.9 Å². The third-order valence-corrected chi connectivity index (χ3v) is 2.25. The molecule has 0 amide bonds. The van der Waals surface area contributed by atoms with Gasteiger partial charge in [0.1, 0.15) is 0 Å². The highest BCUT2D eigenvalue weighted by atomic mass is 16.5. The SMILES string of the molecule is CCOCCOC(CC(C)C)CC(C)C. The van der Waals surface area contributed by atoms with Crippen molar-refractivity contribution in [2.45, 2.75) is 53.6 Å². The fraction of sp³-hybridized carbons (Fsp3) is 1.00. The predicted octanol–water partition coefficient (Wildman–Crippen LogP) is 3.50. The molecule has 0 fully saturated rings. The van der Waals surface area contributed by atoms with Crippen LogP contribution in [-0.2, 0) is 9.47 Å². The molecule has 0 unspecified atom stereocenters. The normalized spacial score (nSPS) is 12.0. The number of rotatable bonds is 9. The third-order valence-electron chi connectivity index (χ3n) is 2.25. The number of hydrogen-bond acceptors (Lipinski definition) is 2. The molecule has 2 heteroatoms. The Hall–Kier alpha value is -0.0800. The maximum atomic E-state index is 5.84. The summed E-state index contributed by atoms with van der Waals surface area (Å²) in [6, 6.07) is 0. The van der Waals surface area contributed by atoms with Crippen LogP contribution in [0.1, 0.15) is 47.5 Å². The van der Waals surface area contributed by atoms with E-state index in [0.717, 1.165) is 32.7 Å². The second-order valence-electron chi connectivity index (χ2n) is 4.95. The molecule has 0 heterocycles. The summed E-state index contributed by atoms with van der Waals surface area (Å²) in [4.78, 5) is 0. The van der Waals surface area contributed by atoms with Gasteiger partial charge in [-0.3, -0.25) is 0 Å². The van der Waals surface area contributed by atoms with E-state index < -0.39 is 0 Å². The largest absolute Gasteiger partial charge is 0.379 e. The second-order valence-corrected chi connectivity index (χ2v) is 4.95. The molecular weight excluding hydrogens is 188 g/mol. The van der Waals surface area contributed by atoms with Crippen molar-refractivity contribution >= 4 is 0 Å². The summed E-state index contributed by atoms with van der Waals surface area (Å²) in [5, 5.41) is 0. The quantitative estimate of drug-likeness (QED) is 0.549. The van der Waals surface area contributed by atoms with Crippen LogP contribution < -0.4 is 0 Å². The van der Waals surface area contributed by atoms with Gasteiger partial charge < -0.3 is 9.47 Å². The van der Waals surface area contributed by atoms with Gasteiger partial charge in [0.25, 0.3) is 0 Å². The van der Waals surface area contributed by atoms with Gasteiger partial charge in [-0.25, -0.2) is 0 Å². The summed E-state index contributed by atoms with van der Waals surface area (Å²) in [5.41, 5.74) is 0. The van der Waals surface area contributed by atoms with Gasteiger partial charge in [-0.2, -0.15) is 0 Å². The van der Waals surface area contributed by atoms with Gasteiger partial charge in [0.15, 0.2) is 0 Å². The van der Waals surface area contributed by atoms with Crippen molar-refractivity contribution in [3.63, 3.8) is 0 Å². The van der Waals surface area contributed by atoms with Crippen LogP contribution in [0, 0.1) is 11.8 Å². The minimum Gasteiger partial charge on any atom is -0.379 e. The van der Waals surface area contributed by atoms with Gasteiger partial charge in [-0.15, -0.1) is 0 Å². The molecule has 15 heavy (non-hydrogen) atoms. The number of hydrogen-bond donors (Lipinski definition) is 0. The molecule has 0 N–H and O–H groups in total. The van der Waals surface area contributed by atoms with Gasteiger partial charge in [0.2, 0.25) is 0 Å². The van der Waals surface area contributed by atoms with E-state index >= 15 is 0 Å². The molecule has 0 atom stereocenters. The molecule has 0 spiro atoms. The van der Waals surface area contributed by atoms with Crippen molar-refractivity contribution < 1.29 is 9.47 Å². The average Bonchev–Trinajstić information content (AvgIpc) is 2.10. The minimum absolute atomic E-state index is 0.408. The Morgan fingerprint density at radius 1 is 0.867 bits per heavy atom. The lowest BCUT2D eigenvalue weighted by atomic mass is 9.98. The molecule has 0 aromatic rings. The van der Waals surface area contributed by atoms with E-state index in [2.05, 4.69) is 27.7 Å². The first-order valence-electron chi connectivity index (χ1n) is 6.25. The fourth-order valence-electron chi connectivity index (χ4n) is 1.70. The third kappa shape index (κ3) is 10.2. The van der Waals surface area contributed by atoms with E-state index in [1.165, 1.54) is 0 Å². The molecule has 0 aliphatic rings. The standard InChI is InChI=1S/C13H28O2/c1-6-14-7-8-15-13(9-11(2)3)10-12(4)5/h11-13H,6-10H2,1-5H3. The Bertz CT molecular complexity index is 122. The predicted molar refractivity (Wildman–Crippen MR) is 65.1 cm³/mol. The first-order valence-corrected chi connectivity index (χ1v) is 6.25. The molecule has 0 radical (unpaired) electrons. The molecule has 0 aliphatic heterocycles. The maximum absolute atomic E-state index is 5.84. The Morgan fingerprint density at radius 3 is 1.80 bits per heavy atom. The smallest absolute Gasteiger partial charge is 0.0704 e. The summed E-state index contributed by atoms with van der Waals surface area (Å²) in [6.07, 6.45) is 2.72. The lowest BCUT2D eigenvalue weighted by Crippen LogP contribution is -2.20. The van der Waals surface area contributed by atoms with Crippen LogP contribution in [0.25, 0.3) is 0 Å². The zero-order valence-electron chi connectivity index (χ0n) is 11.1. The lowest BCUT2D eigenvalue weighted by Gasteiger charge is -2.21. The highest BCUT2D eigenvalue weighted by Crippen LogP contribution is 2.16. The monoisotopic (exact) mass is 216 g/mol. The van der Waals surface area contributed by atoms with E-state index in [4.69, 9.17) is 9.47 Å². The molecule has 0 bridgehead atoms. The topological polar surface area (TPSA) is 18.5 Å². The van der Waals surface area contributed by atoms with Crippen LogP contribution in [0.2, 0.25) is 0 Å². The molecule has 0 saturated heterocycles. The molecular formula is C13H28O2. The summed E-state index contributed by atoms with van der Waals surface area (Å²) in [7, 11) is 0. The van der Waals surface area contributed by atoms with Crippen molar-refractivity contribution in [1.29, 1.82) is 0 Å². The maximum Gasteiger partial charge on any atom is 0.0704 e. The summed E-state index contributed by atoms with van der Waals surface area (Å²) < 4.78 is 11.1. The van der Waals surface area contributed by atoms with Crippen molar-refractivity contribution in [1.82, 2.24) is 0 Å². The van der Waals surface area contributed by atoms with Crippen molar-refractivity contribution in [2.24, 2.45) is 11.8 Å². The van der Waals surface area contributed by atoms with Gasteiger partial charge in [-0.1, -0.05) is 27.7 Å². The second kappa shape index (κ2) is 9.17. The summed E-state index contributed by atoms with van der Waals surface area (Å²) >= 11 is 0. The Morgan fingerprint density at radius 2 is 1.40 bits per heavy atom. The molecule has 0 aromatic heterocycles. The van der Waals surface area contributed by atoms with Gasteiger partial charge >= 0.3 is 0 Å². The highest BCUT2D eigenvalue weighted by molar-refractivity contribution is 4.63. The molecule has 0 aromatic carbocycles. The number of ether oxygens (including phenoxy) is 2. The van der Waals surface area contributed by atoms with E-state index in [1.54, 1.807) is 0 Å². The van der Waals surface area contributed by atoms with Crippen LogP contribution in [0.15, 0.2) is 0 Å². The van der Waals surface area contributed by atoms with E-state index in [1.807, 2.05) is 6.92 Å².